The molecule has 1 aromatic rings. The van der Waals surface area contributed by atoms with Crippen molar-refractivity contribution in [3.05, 3.63) is 48.0 Å². The van der Waals surface area contributed by atoms with Crippen LogP contribution in [0, 0.1) is 5.82 Å². The van der Waals surface area contributed by atoms with Crippen LogP contribution in [0.4, 0.5) is 4.39 Å². The molecule has 0 fully saturated rings. The number of hydrogen-bond acceptors (Lipinski definition) is 3. The van der Waals surface area contributed by atoms with Gasteiger partial charge in [-0.2, -0.15) is 0 Å². The molecule has 4 heteroatoms. The van der Waals surface area contributed by atoms with E-state index < -0.39 is 0 Å². The van der Waals surface area contributed by atoms with Gasteiger partial charge in [0.2, 0.25) is 0 Å². The van der Waals surface area contributed by atoms with Crippen molar-refractivity contribution in [1.29, 1.82) is 0 Å². The summed E-state index contributed by atoms with van der Waals surface area (Å²) in [6, 6.07) is 6.37. The lowest BCUT2D eigenvalue weighted by Gasteiger charge is -2.23. The number of benzene rings is 1. The van der Waals surface area contributed by atoms with Gasteiger partial charge in [0.15, 0.2) is 0 Å². The molecule has 1 aliphatic heterocycles. The highest BCUT2D eigenvalue weighted by molar-refractivity contribution is 6.01. The first kappa shape index (κ1) is 14.6. The second-order valence-corrected chi connectivity index (χ2v) is 5.94. The van der Waals surface area contributed by atoms with Crippen LogP contribution in [0.2, 0.25) is 0 Å². The van der Waals surface area contributed by atoms with Crippen LogP contribution in [0.15, 0.2) is 41.8 Å². The molecule has 0 amide bonds. The molecule has 0 saturated carbocycles. The summed E-state index contributed by atoms with van der Waals surface area (Å²) in [5, 5.41) is 4.03. The highest BCUT2D eigenvalue weighted by atomic mass is 19.1. The summed E-state index contributed by atoms with van der Waals surface area (Å²) in [5.74, 6) is 0.410. The van der Waals surface area contributed by atoms with Gasteiger partial charge in [0.1, 0.15) is 17.5 Å². The van der Waals surface area contributed by atoms with Gasteiger partial charge in [-0.15, -0.1) is 0 Å². The lowest BCUT2D eigenvalue weighted by atomic mass is 10.0. The monoisotopic (exact) mass is 277 g/mol. The summed E-state index contributed by atoms with van der Waals surface area (Å²) in [7, 11) is 0. The van der Waals surface area contributed by atoms with Gasteiger partial charge in [-0.3, -0.25) is 0 Å². The van der Waals surface area contributed by atoms with Gasteiger partial charge in [-0.1, -0.05) is 23.9 Å². The molecule has 0 spiro atoms. The van der Waals surface area contributed by atoms with E-state index in [0.29, 0.717) is 18.6 Å². The first-order valence-electron chi connectivity index (χ1n) is 6.69. The highest BCUT2D eigenvalue weighted by Gasteiger charge is 2.25. The third kappa shape index (κ3) is 4.08. The van der Waals surface area contributed by atoms with Crippen molar-refractivity contribution in [3.8, 4) is 0 Å². The van der Waals surface area contributed by atoms with Crippen molar-refractivity contribution in [1.82, 2.24) is 0 Å². The Balaban J connectivity index is 1.90. The van der Waals surface area contributed by atoms with E-state index in [1.165, 1.54) is 12.1 Å². The fourth-order valence-electron chi connectivity index (χ4n) is 2.10. The maximum Gasteiger partial charge on any atom is 0.140 e. The third-order valence-electron chi connectivity index (χ3n) is 2.80. The molecule has 0 unspecified atom stereocenters. The van der Waals surface area contributed by atoms with Crippen molar-refractivity contribution in [3.63, 3.8) is 0 Å². The smallest absolute Gasteiger partial charge is 0.140 e. The molecule has 1 heterocycles. The summed E-state index contributed by atoms with van der Waals surface area (Å²) < 4.78 is 18.9. The zero-order valence-electron chi connectivity index (χ0n) is 12.1. The average Bonchev–Trinajstić information content (AvgIpc) is 2.74. The Kier molecular flexibility index (Phi) is 4.12. The minimum absolute atomic E-state index is 0.0943. The van der Waals surface area contributed by atoms with Crippen molar-refractivity contribution in [2.24, 2.45) is 5.16 Å². The van der Waals surface area contributed by atoms with E-state index in [4.69, 9.17) is 9.57 Å². The van der Waals surface area contributed by atoms with Gasteiger partial charge in [0.25, 0.3) is 0 Å². The van der Waals surface area contributed by atoms with E-state index in [1.54, 1.807) is 6.07 Å². The summed E-state index contributed by atoms with van der Waals surface area (Å²) >= 11 is 0. The standard InChI is InChI=1S/C16H20FNO2/c1-11(19-16(2,3)4)8-14-10-15(18-20-14)12-6-5-7-13(17)9-12/h5-7,9,14H,1,8,10H2,2-4H3/t14-/m0/s1. The SMILES string of the molecule is C=C(C[C@H]1CC(c2cccc(F)c2)=NO1)OC(C)(C)C. The highest BCUT2D eigenvalue weighted by Crippen LogP contribution is 2.24. The van der Waals surface area contributed by atoms with Crippen molar-refractivity contribution >= 4 is 5.71 Å². The Morgan fingerprint density at radius 2 is 2.25 bits per heavy atom. The van der Waals surface area contributed by atoms with E-state index in [-0.39, 0.29) is 17.5 Å². The Morgan fingerprint density at radius 3 is 2.90 bits per heavy atom. The largest absolute Gasteiger partial charge is 0.493 e. The Hall–Kier alpha value is -1.84. The quantitative estimate of drug-likeness (QED) is 0.778. The van der Waals surface area contributed by atoms with Gasteiger partial charge < -0.3 is 9.57 Å². The first-order valence-corrected chi connectivity index (χ1v) is 6.69. The summed E-state index contributed by atoms with van der Waals surface area (Å²) in [6.45, 7) is 9.83. The van der Waals surface area contributed by atoms with Crippen LogP contribution in [0.25, 0.3) is 0 Å². The van der Waals surface area contributed by atoms with Crippen molar-refractivity contribution in [2.45, 2.75) is 45.3 Å². The van der Waals surface area contributed by atoms with Gasteiger partial charge in [0.05, 0.1) is 11.5 Å². The number of oxime groups is 1. The van der Waals surface area contributed by atoms with E-state index in [0.717, 1.165) is 11.3 Å². The van der Waals surface area contributed by atoms with Crippen LogP contribution in [0.5, 0.6) is 0 Å². The minimum Gasteiger partial charge on any atom is -0.493 e. The summed E-state index contributed by atoms with van der Waals surface area (Å²) in [6.07, 6.45) is 1.12. The normalized spacial score (nSPS) is 18.4. The molecule has 0 aromatic heterocycles. The molecule has 1 aromatic carbocycles. The Bertz CT molecular complexity index is 532. The number of ether oxygens (including phenoxy) is 1. The van der Waals surface area contributed by atoms with Crippen LogP contribution in [0.1, 0.15) is 39.2 Å². The maximum absolute atomic E-state index is 13.2. The third-order valence-corrected chi connectivity index (χ3v) is 2.80. The predicted molar refractivity (Wildman–Crippen MR) is 77.0 cm³/mol. The van der Waals surface area contributed by atoms with E-state index in [2.05, 4.69) is 11.7 Å². The molecular formula is C16H20FNO2. The molecule has 1 aliphatic rings. The van der Waals surface area contributed by atoms with Crippen LogP contribution in [-0.4, -0.2) is 17.4 Å². The molecule has 0 N–H and O–H groups in total. The number of halogens is 1. The second-order valence-electron chi connectivity index (χ2n) is 5.94. The Labute approximate surface area is 119 Å². The molecular weight excluding hydrogens is 257 g/mol. The van der Waals surface area contributed by atoms with Crippen LogP contribution < -0.4 is 0 Å². The molecule has 3 nitrogen and oxygen atoms in total. The van der Waals surface area contributed by atoms with Gasteiger partial charge in [-0.05, 0) is 32.9 Å². The fraction of sp³-hybridized carbons (Fsp3) is 0.438. The molecule has 2 rings (SSSR count). The second kappa shape index (κ2) is 5.65. The average molecular weight is 277 g/mol. The van der Waals surface area contributed by atoms with Gasteiger partial charge in [0, 0.05) is 18.4 Å². The lowest BCUT2D eigenvalue weighted by molar-refractivity contribution is 0.0215. The fourth-order valence-corrected chi connectivity index (χ4v) is 2.10. The van der Waals surface area contributed by atoms with Crippen LogP contribution in [0.3, 0.4) is 0 Å². The van der Waals surface area contributed by atoms with E-state index >= 15 is 0 Å². The van der Waals surface area contributed by atoms with Gasteiger partial charge >= 0.3 is 0 Å². The number of rotatable bonds is 4. The van der Waals surface area contributed by atoms with Gasteiger partial charge in [-0.25, -0.2) is 4.39 Å². The van der Waals surface area contributed by atoms with E-state index in [1.807, 2.05) is 26.8 Å². The van der Waals surface area contributed by atoms with Crippen LogP contribution >= 0.6 is 0 Å². The van der Waals surface area contributed by atoms with Crippen molar-refractivity contribution < 1.29 is 14.0 Å². The summed E-state index contributed by atoms with van der Waals surface area (Å²) in [4.78, 5) is 5.37. The molecule has 108 valence electrons. The number of nitrogens with zero attached hydrogens (tertiary/aromatic N) is 1. The van der Waals surface area contributed by atoms with Crippen molar-refractivity contribution in [2.75, 3.05) is 0 Å². The number of hydrogen-bond donors (Lipinski definition) is 0. The molecule has 1 atom stereocenters. The van der Waals surface area contributed by atoms with E-state index in [9.17, 15) is 4.39 Å². The zero-order chi connectivity index (χ0) is 14.8. The Morgan fingerprint density at radius 1 is 1.50 bits per heavy atom. The molecule has 0 saturated heterocycles. The zero-order valence-corrected chi connectivity index (χ0v) is 12.1. The molecule has 0 aliphatic carbocycles. The first-order chi connectivity index (χ1) is 9.33. The topological polar surface area (TPSA) is 30.8 Å². The lowest BCUT2D eigenvalue weighted by Crippen LogP contribution is -2.20. The molecule has 0 radical (unpaired) electrons. The van der Waals surface area contributed by atoms with Crippen LogP contribution in [-0.2, 0) is 9.57 Å². The maximum atomic E-state index is 13.2. The summed E-state index contributed by atoms with van der Waals surface area (Å²) in [5.41, 5.74) is 1.26. The molecule has 20 heavy (non-hydrogen) atoms. The minimum atomic E-state index is -0.269. The predicted octanol–water partition coefficient (Wildman–Crippen LogP) is 4.04. The molecule has 0 bridgehead atoms.